The number of piperidine rings is 1. The lowest BCUT2D eigenvalue weighted by Crippen LogP contribution is -2.35. The van der Waals surface area contributed by atoms with E-state index in [1.807, 2.05) is 12.1 Å². The van der Waals surface area contributed by atoms with Gasteiger partial charge in [-0.25, -0.2) is 0 Å². The molecule has 0 aliphatic carbocycles. The summed E-state index contributed by atoms with van der Waals surface area (Å²) in [4.78, 5) is 2.42. The second-order valence-corrected chi connectivity index (χ2v) is 6.34. The topological polar surface area (TPSA) is 44.7 Å². The summed E-state index contributed by atoms with van der Waals surface area (Å²) >= 11 is 0. The molecule has 24 heavy (non-hydrogen) atoms. The summed E-state index contributed by atoms with van der Waals surface area (Å²) in [5.74, 6) is 1.34. The molecule has 2 N–H and O–H groups in total. The Balaban J connectivity index is 1.68. The zero-order chi connectivity index (χ0) is 16.8. The van der Waals surface area contributed by atoms with Gasteiger partial charge in [0, 0.05) is 26.2 Å². The van der Waals surface area contributed by atoms with Crippen LogP contribution in [0.4, 0.5) is 11.4 Å². The standard InChI is InChI=1S/C20H26N2O2/c1-24-18-6-4-5-17(13-18)14-21-19-7-2-3-8-20(19)22-11-9-16(15-23)10-12-22/h2-8,13,16,21,23H,9-12,14-15H2,1H3. The summed E-state index contributed by atoms with van der Waals surface area (Å²) < 4.78 is 5.29. The molecule has 0 bridgehead atoms. The summed E-state index contributed by atoms with van der Waals surface area (Å²) in [5.41, 5.74) is 3.60. The van der Waals surface area contributed by atoms with Crippen molar-refractivity contribution in [1.82, 2.24) is 0 Å². The smallest absolute Gasteiger partial charge is 0.119 e. The van der Waals surface area contributed by atoms with E-state index in [4.69, 9.17) is 4.74 Å². The molecule has 0 unspecified atom stereocenters. The van der Waals surface area contributed by atoms with E-state index in [-0.39, 0.29) is 0 Å². The van der Waals surface area contributed by atoms with Gasteiger partial charge >= 0.3 is 0 Å². The van der Waals surface area contributed by atoms with E-state index in [2.05, 4.69) is 46.6 Å². The molecule has 1 fully saturated rings. The average molecular weight is 326 g/mol. The number of rotatable bonds is 6. The third kappa shape index (κ3) is 4.01. The van der Waals surface area contributed by atoms with E-state index in [1.165, 1.54) is 11.3 Å². The number of aliphatic hydroxyl groups excluding tert-OH is 1. The van der Waals surface area contributed by atoms with Crippen LogP contribution in [-0.2, 0) is 6.54 Å². The van der Waals surface area contributed by atoms with Gasteiger partial charge in [-0.15, -0.1) is 0 Å². The number of hydrogen-bond donors (Lipinski definition) is 2. The van der Waals surface area contributed by atoms with Crippen LogP contribution in [0.2, 0.25) is 0 Å². The molecule has 0 saturated carbocycles. The number of aliphatic hydroxyl groups is 1. The zero-order valence-corrected chi connectivity index (χ0v) is 14.2. The first-order chi connectivity index (χ1) is 11.8. The Hall–Kier alpha value is -2.20. The van der Waals surface area contributed by atoms with E-state index in [0.717, 1.165) is 43.9 Å². The Kier molecular flexibility index (Phi) is 5.59. The molecule has 3 rings (SSSR count). The molecule has 2 aromatic rings. The lowest BCUT2D eigenvalue weighted by molar-refractivity contribution is 0.203. The Morgan fingerprint density at radius 1 is 1.12 bits per heavy atom. The number of nitrogens with zero attached hydrogens (tertiary/aromatic N) is 1. The van der Waals surface area contributed by atoms with E-state index in [0.29, 0.717) is 12.5 Å². The molecule has 0 radical (unpaired) electrons. The molecular weight excluding hydrogens is 300 g/mol. The van der Waals surface area contributed by atoms with Crippen molar-refractivity contribution in [3.05, 3.63) is 54.1 Å². The van der Waals surface area contributed by atoms with Crippen LogP contribution in [0, 0.1) is 5.92 Å². The first kappa shape index (κ1) is 16.7. The van der Waals surface area contributed by atoms with E-state index in [9.17, 15) is 5.11 Å². The third-order valence-corrected chi connectivity index (χ3v) is 4.73. The lowest BCUT2D eigenvalue weighted by atomic mass is 9.97. The van der Waals surface area contributed by atoms with Gasteiger partial charge in [0.05, 0.1) is 18.5 Å². The van der Waals surface area contributed by atoms with Crippen molar-refractivity contribution in [3.63, 3.8) is 0 Å². The third-order valence-electron chi connectivity index (χ3n) is 4.73. The van der Waals surface area contributed by atoms with Crippen molar-refractivity contribution in [2.75, 3.05) is 37.0 Å². The fourth-order valence-electron chi connectivity index (χ4n) is 3.24. The van der Waals surface area contributed by atoms with Gasteiger partial charge in [-0.05, 0) is 48.6 Å². The molecule has 0 atom stereocenters. The van der Waals surface area contributed by atoms with Crippen molar-refractivity contribution in [2.24, 2.45) is 5.92 Å². The van der Waals surface area contributed by atoms with Crippen LogP contribution in [0.5, 0.6) is 5.75 Å². The van der Waals surface area contributed by atoms with Gasteiger partial charge in [-0.3, -0.25) is 0 Å². The Labute approximate surface area is 144 Å². The predicted octanol–water partition coefficient (Wildman–Crippen LogP) is 3.52. The average Bonchev–Trinajstić information content (AvgIpc) is 2.67. The Morgan fingerprint density at radius 2 is 1.92 bits per heavy atom. The van der Waals surface area contributed by atoms with Crippen molar-refractivity contribution >= 4 is 11.4 Å². The van der Waals surface area contributed by atoms with Crippen LogP contribution in [-0.4, -0.2) is 31.9 Å². The number of benzene rings is 2. The molecule has 1 saturated heterocycles. The van der Waals surface area contributed by atoms with E-state index < -0.39 is 0 Å². The van der Waals surface area contributed by atoms with Crippen LogP contribution in [0.15, 0.2) is 48.5 Å². The summed E-state index contributed by atoms with van der Waals surface area (Å²) in [6.07, 6.45) is 2.11. The van der Waals surface area contributed by atoms with Crippen LogP contribution < -0.4 is 15.0 Å². The van der Waals surface area contributed by atoms with Crippen molar-refractivity contribution in [1.29, 1.82) is 0 Å². The second kappa shape index (κ2) is 8.06. The van der Waals surface area contributed by atoms with Gasteiger partial charge in [0.25, 0.3) is 0 Å². The molecule has 1 aliphatic heterocycles. The first-order valence-electron chi connectivity index (χ1n) is 8.62. The van der Waals surface area contributed by atoms with Gasteiger partial charge in [0.15, 0.2) is 0 Å². The molecule has 0 aromatic heterocycles. The molecule has 4 nitrogen and oxygen atoms in total. The van der Waals surface area contributed by atoms with Gasteiger partial charge in [0.1, 0.15) is 5.75 Å². The van der Waals surface area contributed by atoms with Crippen LogP contribution >= 0.6 is 0 Å². The molecule has 1 aliphatic rings. The number of anilines is 2. The molecule has 4 heteroatoms. The summed E-state index contributed by atoms with van der Waals surface area (Å²) in [6.45, 7) is 3.08. The Morgan fingerprint density at radius 3 is 2.67 bits per heavy atom. The van der Waals surface area contributed by atoms with E-state index >= 15 is 0 Å². The molecule has 0 amide bonds. The molecule has 128 valence electrons. The number of ether oxygens (including phenoxy) is 1. The maximum Gasteiger partial charge on any atom is 0.119 e. The SMILES string of the molecule is COc1cccc(CNc2ccccc2N2CCC(CO)CC2)c1. The molecule has 2 aromatic carbocycles. The number of methoxy groups -OCH3 is 1. The van der Waals surface area contributed by atoms with Crippen molar-refractivity contribution in [3.8, 4) is 5.75 Å². The maximum atomic E-state index is 9.31. The lowest BCUT2D eigenvalue weighted by Gasteiger charge is -2.34. The fourth-order valence-corrected chi connectivity index (χ4v) is 3.24. The normalized spacial score (nSPS) is 15.3. The highest BCUT2D eigenvalue weighted by Crippen LogP contribution is 2.30. The Bertz CT molecular complexity index is 652. The minimum atomic E-state index is 0.309. The minimum Gasteiger partial charge on any atom is -0.497 e. The van der Waals surface area contributed by atoms with Crippen LogP contribution in [0.25, 0.3) is 0 Å². The van der Waals surface area contributed by atoms with Gasteiger partial charge in [0.2, 0.25) is 0 Å². The van der Waals surface area contributed by atoms with Crippen LogP contribution in [0.1, 0.15) is 18.4 Å². The largest absolute Gasteiger partial charge is 0.497 e. The number of nitrogens with one attached hydrogen (secondary N) is 1. The number of para-hydroxylation sites is 2. The van der Waals surface area contributed by atoms with Crippen molar-refractivity contribution < 1.29 is 9.84 Å². The van der Waals surface area contributed by atoms with Crippen molar-refractivity contribution in [2.45, 2.75) is 19.4 Å². The maximum absolute atomic E-state index is 9.31. The summed E-state index contributed by atoms with van der Waals surface area (Å²) in [6, 6.07) is 16.6. The summed E-state index contributed by atoms with van der Waals surface area (Å²) in [7, 11) is 1.69. The number of hydrogen-bond acceptors (Lipinski definition) is 4. The highest BCUT2D eigenvalue weighted by atomic mass is 16.5. The monoisotopic (exact) mass is 326 g/mol. The second-order valence-electron chi connectivity index (χ2n) is 6.34. The zero-order valence-electron chi connectivity index (χ0n) is 14.2. The van der Waals surface area contributed by atoms with Gasteiger partial charge in [-0.1, -0.05) is 24.3 Å². The highest BCUT2D eigenvalue weighted by molar-refractivity contribution is 5.70. The highest BCUT2D eigenvalue weighted by Gasteiger charge is 2.20. The van der Waals surface area contributed by atoms with Gasteiger partial charge in [-0.2, -0.15) is 0 Å². The first-order valence-corrected chi connectivity index (χ1v) is 8.62. The van der Waals surface area contributed by atoms with E-state index in [1.54, 1.807) is 7.11 Å². The quantitative estimate of drug-likeness (QED) is 0.852. The molecule has 1 heterocycles. The molecule has 0 spiro atoms. The minimum absolute atomic E-state index is 0.309. The molecular formula is C20H26N2O2. The fraction of sp³-hybridized carbons (Fsp3) is 0.400. The van der Waals surface area contributed by atoms with Crippen LogP contribution in [0.3, 0.4) is 0 Å². The van der Waals surface area contributed by atoms with Gasteiger partial charge < -0.3 is 20.1 Å². The predicted molar refractivity (Wildman–Crippen MR) is 98.8 cm³/mol. The summed E-state index contributed by atoms with van der Waals surface area (Å²) in [5, 5.41) is 12.9.